The molecule has 0 aliphatic carbocycles. The van der Waals surface area contributed by atoms with Gasteiger partial charge < -0.3 is 12.3 Å². The highest BCUT2D eigenvalue weighted by molar-refractivity contribution is 6.91. The van der Waals surface area contributed by atoms with E-state index in [0.717, 1.165) is 0 Å². The Hall–Kier alpha value is 0.748. The molecule has 0 aromatic carbocycles. The highest BCUT2D eigenvalue weighted by atomic mass is 28.5. The van der Waals surface area contributed by atoms with Crippen molar-refractivity contribution in [2.24, 2.45) is 0 Å². The van der Waals surface area contributed by atoms with Gasteiger partial charge in [-0.05, 0) is 58.9 Å². The molecule has 0 heterocycles. The fourth-order valence-corrected chi connectivity index (χ4v) is 16.7. The Bertz CT molecular complexity index is 278. The maximum absolute atomic E-state index is 6.64. The minimum Gasteiger partial charge on any atom is -0.417 e. The van der Waals surface area contributed by atoms with Crippen molar-refractivity contribution in [1.29, 1.82) is 0 Å². The standard InChI is InChI=1S/C13H36O3Si4/c1-13(2,3)20(14-17(4,5)6,15-18(7,8)9)16-19(10,11)12/h1-12H3. The van der Waals surface area contributed by atoms with Gasteiger partial charge in [-0.15, -0.1) is 0 Å². The molecule has 3 nitrogen and oxygen atoms in total. The van der Waals surface area contributed by atoms with Gasteiger partial charge in [-0.3, -0.25) is 0 Å². The van der Waals surface area contributed by atoms with Gasteiger partial charge in [0.2, 0.25) is 0 Å². The van der Waals surface area contributed by atoms with Crippen molar-refractivity contribution in [2.45, 2.75) is 84.7 Å². The first-order valence-electron chi connectivity index (χ1n) is 7.47. The predicted octanol–water partition coefficient (Wildman–Crippen LogP) is 5.28. The molecule has 20 heavy (non-hydrogen) atoms. The molecule has 0 rings (SSSR count). The quantitative estimate of drug-likeness (QED) is 0.609. The van der Waals surface area contributed by atoms with Crippen LogP contribution in [0.3, 0.4) is 0 Å². The minimum atomic E-state index is -2.72. The molecule has 0 unspecified atom stereocenters. The SMILES string of the molecule is CC(C)(C)[Si](O[Si](C)(C)C)(O[Si](C)(C)C)O[Si](C)(C)C. The second-order valence-electron chi connectivity index (χ2n) is 9.45. The van der Waals surface area contributed by atoms with Crippen LogP contribution in [0.5, 0.6) is 0 Å². The molecule has 0 fully saturated rings. The third kappa shape index (κ3) is 7.67. The van der Waals surface area contributed by atoms with E-state index in [0.29, 0.717) is 0 Å². The van der Waals surface area contributed by atoms with E-state index < -0.39 is 33.8 Å². The zero-order valence-electron chi connectivity index (χ0n) is 15.7. The molecule has 0 radical (unpaired) electrons. The van der Waals surface area contributed by atoms with Crippen LogP contribution in [0.15, 0.2) is 0 Å². The van der Waals surface area contributed by atoms with E-state index in [1.54, 1.807) is 0 Å². The highest BCUT2D eigenvalue weighted by Crippen LogP contribution is 2.43. The number of rotatable bonds is 6. The summed E-state index contributed by atoms with van der Waals surface area (Å²) in [5, 5.41) is -0.0894. The molecule has 0 spiro atoms. The molecule has 7 heteroatoms. The topological polar surface area (TPSA) is 27.7 Å². The molecule has 122 valence electrons. The summed E-state index contributed by atoms with van der Waals surface area (Å²) in [6, 6.07) is 0. The first-order chi connectivity index (χ1) is 8.37. The van der Waals surface area contributed by atoms with Crippen LogP contribution in [0, 0.1) is 0 Å². The third-order valence-corrected chi connectivity index (χ3v) is 14.7. The lowest BCUT2D eigenvalue weighted by atomic mass is 10.3. The summed E-state index contributed by atoms with van der Waals surface area (Å²) in [5.41, 5.74) is 0. The monoisotopic (exact) mass is 352 g/mol. The molecule has 0 aliphatic rings. The summed E-state index contributed by atoms with van der Waals surface area (Å²) in [6.07, 6.45) is 0. The molecule has 0 atom stereocenters. The minimum absolute atomic E-state index is 0.0894. The van der Waals surface area contributed by atoms with Gasteiger partial charge >= 0.3 is 8.80 Å². The summed E-state index contributed by atoms with van der Waals surface area (Å²) >= 11 is 0. The summed E-state index contributed by atoms with van der Waals surface area (Å²) in [4.78, 5) is 0. The van der Waals surface area contributed by atoms with E-state index in [2.05, 4.69) is 79.7 Å². The van der Waals surface area contributed by atoms with Crippen molar-refractivity contribution in [3.63, 3.8) is 0 Å². The van der Waals surface area contributed by atoms with Gasteiger partial charge in [0, 0.05) is 5.04 Å². The largest absolute Gasteiger partial charge is 0.475 e. The molecule has 0 aliphatic heterocycles. The van der Waals surface area contributed by atoms with Crippen LogP contribution in [0.2, 0.25) is 64.0 Å². The number of hydrogen-bond acceptors (Lipinski definition) is 3. The van der Waals surface area contributed by atoms with Crippen LogP contribution in [0.1, 0.15) is 20.8 Å². The van der Waals surface area contributed by atoms with Gasteiger partial charge in [0.15, 0.2) is 25.0 Å². The lowest BCUT2D eigenvalue weighted by molar-refractivity contribution is 0.216. The number of hydrogen-bond donors (Lipinski definition) is 0. The van der Waals surface area contributed by atoms with Gasteiger partial charge in [-0.1, -0.05) is 20.8 Å². The molecular weight excluding hydrogens is 316 g/mol. The molecule has 0 bridgehead atoms. The Labute approximate surface area is 131 Å². The van der Waals surface area contributed by atoms with E-state index in [1.807, 2.05) is 0 Å². The van der Waals surface area contributed by atoms with E-state index >= 15 is 0 Å². The van der Waals surface area contributed by atoms with Crippen molar-refractivity contribution in [2.75, 3.05) is 0 Å². The first-order valence-corrected chi connectivity index (χ1v) is 19.4. The Morgan fingerprint density at radius 3 is 0.800 bits per heavy atom. The third-order valence-electron chi connectivity index (χ3n) is 2.24. The van der Waals surface area contributed by atoms with Crippen molar-refractivity contribution >= 4 is 33.8 Å². The fourth-order valence-electron chi connectivity index (χ4n) is 1.73. The Morgan fingerprint density at radius 1 is 0.500 bits per heavy atom. The van der Waals surface area contributed by atoms with Gasteiger partial charge in [-0.25, -0.2) is 0 Å². The summed E-state index contributed by atoms with van der Waals surface area (Å²) in [6.45, 7) is 26.6. The molecule has 0 amide bonds. The molecule has 0 saturated carbocycles. The second kappa shape index (κ2) is 6.09. The van der Waals surface area contributed by atoms with Crippen molar-refractivity contribution in [3.05, 3.63) is 0 Å². The highest BCUT2D eigenvalue weighted by Gasteiger charge is 2.58. The lowest BCUT2D eigenvalue weighted by Gasteiger charge is -2.49. The van der Waals surface area contributed by atoms with Crippen LogP contribution in [-0.2, 0) is 12.3 Å². The van der Waals surface area contributed by atoms with Crippen molar-refractivity contribution in [3.8, 4) is 0 Å². The summed E-state index contributed by atoms with van der Waals surface area (Å²) in [7, 11) is -7.96. The van der Waals surface area contributed by atoms with Gasteiger partial charge in [0.05, 0.1) is 0 Å². The van der Waals surface area contributed by atoms with Crippen LogP contribution >= 0.6 is 0 Å². The zero-order chi connectivity index (χ0) is 16.6. The average Bonchev–Trinajstić information content (AvgIpc) is 1.88. The normalized spacial score (nSPS) is 15.6. The van der Waals surface area contributed by atoms with Crippen LogP contribution in [-0.4, -0.2) is 33.8 Å². The Balaban J connectivity index is 5.78. The van der Waals surface area contributed by atoms with Crippen LogP contribution in [0.25, 0.3) is 0 Å². The maximum atomic E-state index is 6.64. The molecule has 0 saturated heterocycles. The fraction of sp³-hybridized carbons (Fsp3) is 1.00. The van der Waals surface area contributed by atoms with Gasteiger partial charge in [0.1, 0.15) is 0 Å². The summed E-state index contributed by atoms with van der Waals surface area (Å²) < 4.78 is 19.9. The molecule has 0 aromatic rings. The molecule has 0 N–H and O–H groups in total. The van der Waals surface area contributed by atoms with Gasteiger partial charge in [-0.2, -0.15) is 0 Å². The van der Waals surface area contributed by atoms with E-state index in [4.69, 9.17) is 12.3 Å². The Morgan fingerprint density at radius 2 is 0.700 bits per heavy atom. The second-order valence-corrected chi connectivity index (χ2v) is 27.2. The lowest BCUT2D eigenvalue weighted by Crippen LogP contribution is -2.65. The smallest absolute Gasteiger partial charge is 0.417 e. The summed E-state index contributed by atoms with van der Waals surface area (Å²) in [5.74, 6) is 0. The van der Waals surface area contributed by atoms with Crippen molar-refractivity contribution in [1.82, 2.24) is 0 Å². The van der Waals surface area contributed by atoms with Crippen LogP contribution in [0.4, 0.5) is 0 Å². The average molecular weight is 353 g/mol. The van der Waals surface area contributed by atoms with E-state index in [-0.39, 0.29) is 5.04 Å². The Kier molecular flexibility index (Phi) is 6.32. The van der Waals surface area contributed by atoms with E-state index in [1.165, 1.54) is 0 Å². The van der Waals surface area contributed by atoms with Crippen LogP contribution < -0.4 is 0 Å². The van der Waals surface area contributed by atoms with Gasteiger partial charge in [0.25, 0.3) is 0 Å². The zero-order valence-corrected chi connectivity index (χ0v) is 19.7. The van der Waals surface area contributed by atoms with Crippen molar-refractivity contribution < 1.29 is 12.3 Å². The predicted molar refractivity (Wildman–Crippen MR) is 98.8 cm³/mol. The first kappa shape index (κ1) is 20.7. The maximum Gasteiger partial charge on any atom is 0.475 e. The van der Waals surface area contributed by atoms with E-state index in [9.17, 15) is 0 Å². The molecule has 0 aromatic heterocycles. The molecular formula is C13H36O3Si4.